The summed E-state index contributed by atoms with van der Waals surface area (Å²) in [6.07, 6.45) is 0.264. The molecule has 6 nitrogen and oxygen atoms in total. The first-order valence-corrected chi connectivity index (χ1v) is 7.68. The van der Waals surface area contributed by atoms with E-state index in [0.29, 0.717) is 41.1 Å². The fraction of sp³-hybridized carbons (Fsp3) is 0.357. The van der Waals surface area contributed by atoms with E-state index in [1.807, 2.05) is 11.5 Å². The lowest BCUT2D eigenvalue weighted by Crippen LogP contribution is -2.26. The number of rotatable bonds is 7. The van der Waals surface area contributed by atoms with Gasteiger partial charge in [0.05, 0.1) is 19.6 Å². The number of H-pyrrole nitrogens is 1. The number of ether oxygens (including phenoxy) is 1. The van der Waals surface area contributed by atoms with E-state index in [1.54, 1.807) is 24.3 Å². The largest absolute Gasteiger partial charge is 0.493 e. The number of carbonyl (C=O) groups excluding carboxylic acids is 1. The number of aromatic nitrogens is 3. The molecule has 0 saturated carbocycles. The Morgan fingerprint density at radius 3 is 2.86 bits per heavy atom. The zero-order valence-corrected chi connectivity index (χ0v) is 13.7. The van der Waals surface area contributed by atoms with E-state index >= 15 is 0 Å². The highest BCUT2D eigenvalue weighted by Crippen LogP contribution is 2.15. The number of nitrogens with one attached hydrogen (secondary N) is 2. The Bertz CT molecular complexity index is 681. The molecule has 0 aliphatic rings. The van der Waals surface area contributed by atoms with Gasteiger partial charge in [-0.15, -0.1) is 0 Å². The van der Waals surface area contributed by atoms with Crippen LogP contribution in [0.15, 0.2) is 24.3 Å². The SMILES string of the molecule is CCn1c(CNC(=O)CCOc2ccc(Cl)cc2)n[nH]c1=S. The Kier molecular flexibility index (Phi) is 5.97. The summed E-state index contributed by atoms with van der Waals surface area (Å²) in [5.41, 5.74) is 0. The van der Waals surface area contributed by atoms with Crippen LogP contribution in [0.1, 0.15) is 19.2 Å². The second-order valence-corrected chi connectivity index (χ2v) is 5.34. The Morgan fingerprint density at radius 1 is 1.45 bits per heavy atom. The molecule has 0 fully saturated rings. The van der Waals surface area contributed by atoms with E-state index in [0.717, 1.165) is 0 Å². The van der Waals surface area contributed by atoms with Crippen LogP contribution in [0.25, 0.3) is 0 Å². The lowest BCUT2D eigenvalue weighted by atomic mass is 10.3. The topological polar surface area (TPSA) is 71.9 Å². The van der Waals surface area contributed by atoms with Gasteiger partial charge < -0.3 is 14.6 Å². The van der Waals surface area contributed by atoms with Crippen LogP contribution in [-0.4, -0.2) is 27.3 Å². The predicted octanol–water partition coefficient (Wildman–Crippen LogP) is 2.70. The van der Waals surface area contributed by atoms with Gasteiger partial charge in [0, 0.05) is 11.6 Å². The first-order chi connectivity index (χ1) is 10.6. The van der Waals surface area contributed by atoms with Crippen LogP contribution < -0.4 is 10.1 Å². The van der Waals surface area contributed by atoms with Gasteiger partial charge in [-0.05, 0) is 43.4 Å². The summed E-state index contributed by atoms with van der Waals surface area (Å²) < 4.78 is 7.86. The lowest BCUT2D eigenvalue weighted by Gasteiger charge is -2.08. The maximum Gasteiger partial charge on any atom is 0.223 e. The zero-order valence-electron chi connectivity index (χ0n) is 12.1. The maximum atomic E-state index is 11.8. The number of hydrogen-bond acceptors (Lipinski definition) is 4. The summed E-state index contributed by atoms with van der Waals surface area (Å²) in [5, 5.41) is 10.2. The minimum absolute atomic E-state index is 0.106. The van der Waals surface area contributed by atoms with E-state index in [2.05, 4.69) is 15.5 Å². The molecule has 0 aliphatic carbocycles. The van der Waals surface area contributed by atoms with Gasteiger partial charge in [-0.25, -0.2) is 0 Å². The molecule has 0 atom stereocenters. The molecule has 0 unspecified atom stereocenters. The van der Waals surface area contributed by atoms with Crippen LogP contribution in [0.2, 0.25) is 5.02 Å². The monoisotopic (exact) mass is 340 g/mol. The van der Waals surface area contributed by atoms with Crippen LogP contribution in [0.3, 0.4) is 0 Å². The molecular formula is C14H17ClN4O2S. The van der Waals surface area contributed by atoms with Gasteiger partial charge in [-0.2, -0.15) is 5.10 Å². The average Bonchev–Trinajstić information content (AvgIpc) is 2.87. The van der Waals surface area contributed by atoms with Crippen molar-refractivity contribution in [3.05, 3.63) is 39.9 Å². The van der Waals surface area contributed by atoms with E-state index in [-0.39, 0.29) is 12.3 Å². The fourth-order valence-electron chi connectivity index (χ4n) is 1.87. The third kappa shape index (κ3) is 4.57. The molecule has 1 amide bonds. The number of nitrogens with zero attached hydrogens (tertiary/aromatic N) is 2. The van der Waals surface area contributed by atoms with E-state index in [4.69, 9.17) is 28.6 Å². The van der Waals surface area contributed by atoms with Crippen LogP contribution in [0.5, 0.6) is 5.75 Å². The van der Waals surface area contributed by atoms with Crippen LogP contribution in [0.4, 0.5) is 0 Å². The molecule has 22 heavy (non-hydrogen) atoms. The highest BCUT2D eigenvalue weighted by atomic mass is 35.5. The molecule has 118 valence electrons. The molecule has 0 aliphatic heterocycles. The number of amides is 1. The van der Waals surface area contributed by atoms with Crippen molar-refractivity contribution in [1.29, 1.82) is 0 Å². The molecule has 1 heterocycles. The summed E-state index contributed by atoms with van der Waals surface area (Å²) in [5.74, 6) is 1.29. The summed E-state index contributed by atoms with van der Waals surface area (Å²) in [6, 6.07) is 7.01. The second kappa shape index (κ2) is 7.95. The number of aromatic amines is 1. The van der Waals surface area contributed by atoms with Crippen molar-refractivity contribution in [3.8, 4) is 5.75 Å². The molecule has 8 heteroatoms. The van der Waals surface area contributed by atoms with Crippen molar-refractivity contribution in [3.63, 3.8) is 0 Å². The van der Waals surface area contributed by atoms with Crippen molar-refractivity contribution < 1.29 is 9.53 Å². The van der Waals surface area contributed by atoms with Crippen molar-refractivity contribution in [2.45, 2.75) is 26.4 Å². The molecule has 1 aromatic heterocycles. The highest BCUT2D eigenvalue weighted by molar-refractivity contribution is 7.71. The van der Waals surface area contributed by atoms with Crippen molar-refractivity contribution in [1.82, 2.24) is 20.1 Å². The van der Waals surface area contributed by atoms with Gasteiger partial charge in [0.2, 0.25) is 5.91 Å². The second-order valence-electron chi connectivity index (χ2n) is 4.52. The number of benzene rings is 1. The van der Waals surface area contributed by atoms with Gasteiger partial charge in [0.1, 0.15) is 5.75 Å². The Hall–Kier alpha value is -1.86. The first kappa shape index (κ1) is 16.5. The molecule has 0 bridgehead atoms. The van der Waals surface area contributed by atoms with Gasteiger partial charge >= 0.3 is 0 Å². The summed E-state index contributed by atoms with van der Waals surface area (Å²) in [6.45, 7) is 3.31. The highest BCUT2D eigenvalue weighted by Gasteiger charge is 2.07. The summed E-state index contributed by atoms with van der Waals surface area (Å²) >= 11 is 10.9. The van der Waals surface area contributed by atoms with E-state index in [9.17, 15) is 4.79 Å². The molecule has 0 radical (unpaired) electrons. The maximum absolute atomic E-state index is 11.8. The van der Waals surface area contributed by atoms with Crippen molar-refractivity contribution in [2.24, 2.45) is 0 Å². The van der Waals surface area contributed by atoms with E-state index in [1.165, 1.54) is 0 Å². The first-order valence-electron chi connectivity index (χ1n) is 6.89. The van der Waals surface area contributed by atoms with Crippen molar-refractivity contribution >= 4 is 29.7 Å². The molecular weight excluding hydrogens is 324 g/mol. The Labute approximate surface area is 138 Å². The van der Waals surface area contributed by atoms with Crippen LogP contribution in [0, 0.1) is 4.77 Å². The van der Waals surface area contributed by atoms with Gasteiger partial charge in [0.15, 0.2) is 10.6 Å². The number of carbonyl (C=O) groups is 1. The van der Waals surface area contributed by atoms with Gasteiger partial charge in [-0.3, -0.25) is 9.89 Å². The van der Waals surface area contributed by atoms with Gasteiger partial charge in [0.25, 0.3) is 0 Å². The quantitative estimate of drug-likeness (QED) is 0.760. The molecule has 1 aromatic carbocycles. The predicted molar refractivity (Wildman–Crippen MR) is 86.5 cm³/mol. The zero-order chi connectivity index (χ0) is 15.9. The molecule has 2 N–H and O–H groups in total. The Balaban J connectivity index is 1.74. The standard InChI is InChI=1S/C14H17ClN4O2S/c1-2-19-12(17-18-14(19)22)9-16-13(20)7-8-21-11-5-3-10(15)4-6-11/h3-6H,2,7-9H2,1H3,(H,16,20)(H,18,22). The Morgan fingerprint density at radius 2 is 2.18 bits per heavy atom. The summed E-state index contributed by atoms with van der Waals surface area (Å²) in [7, 11) is 0. The number of halogens is 1. The molecule has 2 rings (SSSR count). The third-order valence-electron chi connectivity index (χ3n) is 3.01. The minimum atomic E-state index is -0.106. The average molecular weight is 341 g/mol. The third-order valence-corrected chi connectivity index (χ3v) is 3.57. The van der Waals surface area contributed by atoms with Crippen LogP contribution >= 0.6 is 23.8 Å². The molecule has 0 saturated heterocycles. The molecule has 2 aromatic rings. The lowest BCUT2D eigenvalue weighted by molar-refractivity contribution is -0.121. The fourth-order valence-corrected chi connectivity index (χ4v) is 2.28. The number of hydrogen-bond donors (Lipinski definition) is 2. The smallest absolute Gasteiger partial charge is 0.223 e. The van der Waals surface area contributed by atoms with Crippen LogP contribution in [-0.2, 0) is 17.9 Å². The summed E-state index contributed by atoms with van der Waals surface area (Å²) in [4.78, 5) is 11.8. The normalized spacial score (nSPS) is 10.5. The minimum Gasteiger partial charge on any atom is -0.493 e. The van der Waals surface area contributed by atoms with Gasteiger partial charge in [-0.1, -0.05) is 11.6 Å². The van der Waals surface area contributed by atoms with Crippen molar-refractivity contribution in [2.75, 3.05) is 6.61 Å². The van der Waals surface area contributed by atoms with E-state index < -0.39 is 0 Å². The molecule has 0 spiro atoms.